The molecule has 1 saturated carbocycles. The fraction of sp³-hybridized carbons (Fsp3) is 0.800. The van der Waals surface area contributed by atoms with Crippen LogP contribution in [0.5, 0.6) is 0 Å². The number of carbonyl (C=O) groups is 2. The van der Waals surface area contributed by atoms with Crippen LogP contribution in [-0.2, 0) is 28.0 Å². The molecule has 92 valence electrons. The summed E-state index contributed by atoms with van der Waals surface area (Å²) in [5.41, 5.74) is 0. The second-order valence-electron chi connectivity index (χ2n) is 3.57. The van der Waals surface area contributed by atoms with Crippen LogP contribution in [0.1, 0.15) is 32.1 Å². The molecule has 0 amide bonds. The molecule has 4 nitrogen and oxygen atoms in total. The van der Waals surface area contributed by atoms with Crippen LogP contribution in [0.4, 0.5) is 0 Å². The Morgan fingerprint density at radius 2 is 1.47 bits per heavy atom. The Hall–Kier alpha value is -0.320. The van der Waals surface area contributed by atoms with Crippen LogP contribution in [0.15, 0.2) is 0 Å². The summed E-state index contributed by atoms with van der Waals surface area (Å²) >= 11 is -1.26. The topological polar surface area (TPSA) is 74.6 Å². The molecule has 0 saturated heterocycles. The van der Waals surface area contributed by atoms with Gasteiger partial charge in [0.15, 0.2) is 0 Å². The van der Waals surface area contributed by atoms with E-state index in [-0.39, 0.29) is 9.28 Å². The van der Waals surface area contributed by atoms with E-state index in [0.29, 0.717) is 4.14 Å². The van der Waals surface area contributed by atoms with Gasteiger partial charge in [-0.3, -0.25) is 0 Å². The molecule has 1 aliphatic rings. The van der Waals surface area contributed by atoms with Crippen molar-refractivity contribution < 1.29 is 38.2 Å². The molecule has 1 fully saturated rings. The van der Waals surface area contributed by atoms with Gasteiger partial charge in [-0.1, -0.05) is 0 Å². The summed E-state index contributed by atoms with van der Waals surface area (Å²) < 4.78 is 0.601. The summed E-state index contributed by atoms with van der Waals surface area (Å²) in [6.07, 6.45) is 5.56. The van der Waals surface area contributed by atoms with Crippen molar-refractivity contribution in [2.45, 2.75) is 45.5 Å². The van der Waals surface area contributed by atoms with Gasteiger partial charge in [-0.25, -0.2) is 0 Å². The molecule has 5 heteroatoms. The predicted molar refractivity (Wildman–Crippen MR) is 51.7 cm³/mol. The van der Waals surface area contributed by atoms with E-state index in [2.05, 4.69) is 0 Å². The third-order valence-corrected chi connectivity index (χ3v) is 7.11. The minimum absolute atomic E-state index is 0.100. The van der Waals surface area contributed by atoms with Gasteiger partial charge in [0.1, 0.15) is 0 Å². The first kappa shape index (κ1) is 12.7. The van der Waals surface area contributed by atoms with Gasteiger partial charge in [0.25, 0.3) is 0 Å². The normalized spacial score (nSPS) is 18.5. The number of aliphatic carboxylic acids is 2. The van der Waals surface area contributed by atoms with Crippen molar-refractivity contribution >= 4 is 11.9 Å². The first-order valence-electron chi connectivity index (χ1n) is 4.98. The minimum atomic E-state index is -1.26. The van der Waals surface area contributed by atoms with Crippen LogP contribution in [0.2, 0.25) is 13.4 Å². The van der Waals surface area contributed by atoms with Gasteiger partial charge in [-0.2, -0.15) is 0 Å². The summed E-state index contributed by atoms with van der Waals surface area (Å²) in [6, 6.07) is 0. The maximum absolute atomic E-state index is 10.7. The van der Waals surface area contributed by atoms with E-state index < -0.39 is 30.4 Å². The number of hydrogen-bond donors (Lipinski definition) is 2. The molecule has 15 heavy (non-hydrogen) atoms. The molecule has 2 N–H and O–H groups in total. The van der Waals surface area contributed by atoms with Crippen molar-refractivity contribution in [1.82, 2.24) is 0 Å². The third kappa shape index (κ3) is 4.82. The predicted octanol–water partition coefficient (Wildman–Crippen LogP) is 2.36. The van der Waals surface area contributed by atoms with E-state index in [9.17, 15) is 9.59 Å². The second kappa shape index (κ2) is 6.30. The Kier molecular flexibility index (Phi) is 5.36. The van der Waals surface area contributed by atoms with Crippen molar-refractivity contribution in [2.75, 3.05) is 0 Å². The molecular weight excluding hydrogens is 292 g/mol. The van der Waals surface area contributed by atoms with E-state index in [1.165, 1.54) is 6.42 Å². The molecule has 0 heterocycles. The number of carboxylic acid groups (broad SMARTS) is 2. The number of rotatable bonds is 5. The molecule has 0 aromatic carbocycles. The van der Waals surface area contributed by atoms with E-state index in [1.54, 1.807) is 0 Å². The van der Waals surface area contributed by atoms with Crippen LogP contribution in [0.25, 0.3) is 0 Å². The molecule has 0 radical (unpaired) electrons. The van der Waals surface area contributed by atoms with Crippen molar-refractivity contribution in [3.05, 3.63) is 0 Å². The standard InChI is InChI=1S/C6H11.2C2H3O2.Ag/c1-2-4-6-5-3-1;2*1-2(3)4;/h1H,2-6H2;2*1H2,(H,3,4);. The number of carboxylic acids is 2. The summed E-state index contributed by atoms with van der Waals surface area (Å²) in [7, 11) is 0. The molecule has 1 aliphatic carbocycles. The molecule has 0 aromatic rings. The zero-order chi connectivity index (χ0) is 11.3. The van der Waals surface area contributed by atoms with Crippen LogP contribution >= 0.6 is 0 Å². The van der Waals surface area contributed by atoms with Crippen LogP contribution in [-0.4, -0.2) is 22.2 Å². The SMILES string of the molecule is O=C(O)[CH2][Ag]([CH2]C(=O)O)[CH]1CCCCC1. The van der Waals surface area contributed by atoms with Crippen molar-refractivity contribution in [1.29, 1.82) is 0 Å². The average molecular weight is 309 g/mol. The zero-order valence-electron chi connectivity index (χ0n) is 8.54. The Bertz CT molecular complexity index is 220. The fourth-order valence-corrected chi connectivity index (χ4v) is 5.72. The van der Waals surface area contributed by atoms with Crippen molar-refractivity contribution in [3.63, 3.8) is 0 Å². The molecule has 0 aliphatic heterocycles. The maximum atomic E-state index is 10.7. The summed E-state index contributed by atoms with van der Waals surface area (Å²) in [6.45, 7) is 0. The first-order chi connectivity index (χ1) is 7.09. The molecular formula is C10H17AgO4. The molecule has 0 spiro atoms. The van der Waals surface area contributed by atoms with Gasteiger partial charge in [0, 0.05) is 0 Å². The molecule has 0 aromatic heterocycles. The van der Waals surface area contributed by atoms with Gasteiger partial charge < -0.3 is 0 Å². The molecule has 1 rings (SSSR count). The van der Waals surface area contributed by atoms with Gasteiger partial charge in [0.2, 0.25) is 0 Å². The summed E-state index contributed by atoms with van der Waals surface area (Å²) in [5, 5.41) is 17.5. The van der Waals surface area contributed by atoms with Gasteiger partial charge in [-0.05, 0) is 0 Å². The average Bonchev–Trinajstić information content (AvgIpc) is 2.17. The van der Waals surface area contributed by atoms with Crippen LogP contribution in [0, 0.1) is 0 Å². The number of hydrogen-bond acceptors (Lipinski definition) is 2. The summed E-state index contributed by atoms with van der Waals surface area (Å²) in [4.78, 5) is 21.3. The third-order valence-electron chi connectivity index (χ3n) is 2.29. The van der Waals surface area contributed by atoms with Crippen LogP contribution in [0.3, 0.4) is 0 Å². The van der Waals surface area contributed by atoms with E-state index in [1.807, 2.05) is 0 Å². The Morgan fingerprint density at radius 1 is 1.00 bits per heavy atom. The second-order valence-corrected chi connectivity index (χ2v) is 7.78. The summed E-state index contributed by atoms with van der Waals surface area (Å²) in [5.74, 6) is -1.67. The van der Waals surface area contributed by atoms with Crippen LogP contribution < -0.4 is 0 Å². The van der Waals surface area contributed by atoms with Crippen molar-refractivity contribution in [2.24, 2.45) is 0 Å². The first-order valence-corrected chi connectivity index (χ1v) is 7.93. The van der Waals surface area contributed by atoms with Crippen molar-refractivity contribution in [3.8, 4) is 0 Å². The van der Waals surface area contributed by atoms with Gasteiger partial charge in [-0.15, -0.1) is 0 Å². The van der Waals surface area contributed by atoms with Gasteiger partial charge >= 0.3 is 95.7 Å². The quantitative estimate of drug-likeness (QED) is 0.765. The Balaban J connectivity index is 2.52. The zero-order valence-corrected chi connectivity index (χ0v) is 10.0. The Morgan fingerprint density at radius 3 is 1.87 bits per heavy atom. The van der Waals surface area contributed by atoms with E-state index >= 15 is 0 Å². The Labute approximate surface area is 95.8 Å². The van der Waals surface area contributed by atoms with E-state index in [0.717, 1.165) is 25.7 Å². The molecule has 0 unspecified atom stereocenters. The van der Waals surface area contributed by atoms with Gasteiger partial charge in [0.05, 0.1) is 0 Å². The molecule has 0 bridgehead atoms. The monoisotopic (exact) mass is 308 g/mol. The fourth-order valence-electron chi connectivity index (χ4n) is 1.71. The molecule has 0 atom stereocenters. The van der Waals surface area contributed by atoms with E-state index in [4.69, 9.17) is 10.2 Å².